The third kappa shape index (κ3) is 4.48. The highest BCUT2D eigenvalue weighted by Crippen LogP contribution is 2.32. The zero-order chi connectivity index (χ0) is 20.2. The Kier molecular flexibility index (Phi) is 6.20. The molecule has 0 saturated carbocycles. The average molecular weight is 403 g/mol. The van der Waals surface area contributed by atoms with Gasteiger partial charge in [-0.05, 0) is 43.4 Å². The number of rotatable bonds is 4. The minimum absolute atomic E-state index is 0.0162. The Morgan fingerprint density at radius 1 is 1.00 bits per heavy atom. The molecule has 2 saturated heterocycles. The largest absolute Gasteiger partial charge is 0.454 e. The number of benzene rings is 1. The Bertz CT molecular complexity index is 746. The van der Waals surface area contributed by atoms with Gasteiger partial charge in [-0.3, -0.25) is 14.5 Å². The van der Waals surface area contributed by atoms with E-state index < -0.39 is 11.8 Å². The van der Waals surface area contributed by atoms with E-state index in [1.54, 1.807) is 9.80 Å². The molecule has 0 spiro atoms. The molecule has 4 rings (SSSR count). The fourth-order valence-corrected chi connectivity index (χ4v) is 4.38. The minimum Gasteiger partial charge on any atom is -0.454 e. The van der Waals surface area contributed by atoms with Crippen LogP contribution in [0.1, 0.15) is 31.2 Å². The van der Waals surface area contributed by atoms with Crippen LogP contribution in [0.2, 0.25) is 0 Å². The molecule has 3 aliphatic heterocycles. The lowest BCUT2D eigenvalue weighted by molar-refractivity contribution is -0.155. The molecule has 1 N–H and O–H groups in total. The lowest BCUT2D eigenvalue weighted by Gasteiger charge is -2.38. The second kappa shape index (κ2) is 9.00. The van der Waals surface area contributed by atoms with Crippen molar-refractivity contribution in [3.05, 3.63) is 23.8 Å². The van der Waals surface area contributed by atoms with Crippen LogP contribution in [0, 0.1) is 0 Å². The molecular weight excluding hydrogens is 374 g/mol. The number of ether oxygens (including phenoxy) is 2. The van der Waals surface area contributed by atoms with Crippen LogP contribution in [0.4, 0.5) is 0 Å². The van der Waals surface area contributed by atoms with Crippen LogP contribution in [0.25, 0.3) is 0 Å². The number of piperidine rings is 1. The van der Waals surface area contributed by atoms with Gasteiger partial charge in [0.15, 0.2) is 11.5 Å². The lowest BCUT2D eigenvalue weighted by Crippen LogP contribution is -2.55. The molecule has 29 heavy (non-hydrogen) atoms. The Morgan fingerprint density at radius 3 is 2.59 bits per heavy atom. The highest BCUT2D eigenvalue weighted by molar-refractivity contribution is 6.35. The highest BCUT2D eigenvalue weighted by atomic mass is 16.7. The summed E-state index contributed by atoms with van der Waals surface area (Å²) in [6.07, 6.45) is 3.37. The molecule has 2 fully saturated rings. The van der Waals surface area contributed by atoms with Gasteiger partial charge in [-0.2, -0.15) is 0 Å². The second-order valence-electron chi connectivity index (χ2n) is 7.92. The third-order valence-corrected chi connectivity index (χ3v) is 6.04. The van der Waals surface area contributed by atoms with Crippen LogP contribution in [0.3, 0.4) is 0 Å². The maximum absolute atomic E-state index is 12.8. The van der Waals surface area contributed by atoms with E-state index in [1.165, 1.54) is 0 Å². The van der Waals surface area contributed by atoms with Crippen LogP contribution in [-0.4, -0.2) is 83.8 Å². The summed E-state index contributed by atoms with van der Waals surface area (Å²) in [6.45, 7) is 4.25. The molecule has 1 atom stereocenters. The number of hydrogen-bond acceptors (Lipinski definition) is 6. The first-order valence-corrected chi connectivity index (χ1v) is 10.5. The third-order valence-electron chi connectivity index (χ3n) is 6.04. The van der Waals surface area contributed by atoms with Crippen LogP contribution in [0.15, 0.2) is 18.2 Å². The van der Waals surface area contributed by atoms with Crippen molar-refractivity contribution < 1.29 is 24.2 Å². The van der Waals surface area contributed by atoms with Crippen molar-refractivity contribution in [3.8, 4) is 11.5 Å². The van der Waals surface area contributed by atoms with E-state index in [-0.39, 0.29) is 19.4 Å². The predicted octanol–water partition coefficient (Wildman–Crippen LogP) is 0.823. The number of hydrogen-bond donors (Lipinski definition) is 1. The maximum atomic E-state index is 12.8. The fourth-order valence-electron chi connectivity index (χ4n) is 4.38. The zero-order valence-corrected chi connectivity index (χ0v) is 16.7. The highest BCUT2D eigenvalue weighted by Gasteiger charge is 2.34. The summed E-state index contributed by atoms with van der Waals surface area (Å²) >= 11 is 0. The Morgan fingerprint density at radius 2 is 1.79 bits per heavy atom. The molecule has 2 amide bonds. The quantitative estimate of drug-likeness (QED) is 0.750. The standard InChI is InChI=1S/C21H29N3O5/c25-12-6-17-3-1-2-7-24(17)21(27)20(26)23-10-8-22(9-11-23)14-16-4-5-18-19(13-16)29-15-28-18/h4-5,13,17,25H,1-3,6-12,14-15H2. The van der Waals surface area contributed by atoms with Crippen LogP contribution >= 0.6 is 0 Å². The number of fused-ring (bicyclic) bond motifs is 1. The molecule has 8 heteroatoms. The van der Waals surface area contributed by atoms with E-state index in [9.17, 15) is 14.7 Å². The van der Waals surface area contributed by atoms with Crippen LogP contribution in [-0.2, 0) is 16.1 Å². The van der Waals surface area contributed by atoms with E-state index in [2.05, 4.69) is 4.90 Å². The summed E-state index contributed by atoms with van der Waals surface area (Å²) in [6, 6.07) is 5.95. The van der Waals surface area contributed by atoms with Gasteiger partial charge in [0.2, 0.25) is 6.79 Å². The van der Waals surface area contributed by atoms with Crippen molar-refractivity contribution in [2.45, 2.75) is 38.3 Å². The van der Waals surface area contributed by atoms with Gasteiger partial charge in [-0.1, -0.05) is 6.07 Å². The number of nitrogens with zero attached hydrogens (tertiary/aromatic N) is 3. The van der Waals surface area contributed by atoms with E-state index in [4.69, 9.17) is 9.47 Å². The number of carbonyl (C=O) groups excluding carboxylic acids is 2. The van der Waals surface area contributed by atoms with Crippen molar-refractivity contribution in [1.29, 1.82) is 0 Å². The van der Waals surface area contributed by atoms with Gasteiger partial charge >= 0.3 is 11.8 Å². The van der Waals surface area contributed by atoms with Gasteiger partial charge in [-0.15, -0.1) is 0 Å². The van der Waals surface area contributed by atoms with Gasteiger partial charge in [-0.25, -0.2) is 0 Å². The van der Waals surface area contributed by atoms with Crippen molar-refractivity contribution in [1.82, 2.24) is 14.7 Å². The molecule has 1 aromatic rings. The molecule has 0 radical (unpaired) electrons. The van der Waals surface area contributed by atoms with Crippen molar-refractivity contribution >= 4 is 11.8 Å². The van der Waals surface area contributed by atoms with Gasteiger partial charge in [0, 0.05) is 51.9 Å². The van der Waals surface area contributed by atoms with Crippen LogP contribution < -0.4 is 9.47 Å². The molecule has 3 heterocycles. The Labute approximate surface area is 171 Å². The molecule has 0 aromatic heterocycles. The van der Waals surface area contributed by atoms with Gasteiger partial charge in [0.1, 0.15) is 0 Å². The van der Waals surface area contributed by atoms with E-state index >= 15 is 0 Å². The summed E-state index contributed by atoms with van der Waals surface area (Å²) in [5.74, 6) is 0.741. The van der Waals surface area contributed by atoms with Crippen molar-refractivity contribution in [2.24, 2.45) is 0 Å². The summed E-state index contributed by atoms with van der Waals surface area (Å²) in [5, 5.41) is 9.25. The molecule has 1 unspecified atom stereocenters. The SMILES string of the molecule is O=C(C(=O)N1CCCCC1CCO)N1CCN(Cc2ccc3c(c2)OCO3)CC1. The van der Waals surface area contributed by atoms with Gasteiger partial charge in [0.25, 0.3) is 0 Å². The van der Waals surface area contributed by atoms with Crippen molar-refractivity contribution in [2.75, 3.05) is 46.1 Å². The zero-order valence-electron chi connectivity index (χ0n) is 16.7. The summed E-state index contributed by atoms with van der Waals surface area (Å²) in [4.78, 5) is 31.2. The lowest BCUT2D eigenvalue weighted by atomic mass is 9.99. The van der Waals surface area contributed by atoms with E-state index in [0.717, 1.165) is 56.0 Å². The summed E-state index contributed by atoms with van der Waals surface area (Å²) in [7, 11) is 0. The first kappa shape index (κ1) is 20.0. The van der Waals surface area contributed by atoms with Gasteiger partial charge in [0.05, 0.1) is 0 Å². The van der Waals surface area contributed by atoms with Crippen molar-refractivity contribution in [3.63, 3.8) is 0 Å². The monoisotopic (exact) mass is 403 g/mol. The molecule has 0 bridgehead atoms. The average Bonchev–Trinajstić information content (AvgIpc) is 3.22. The minimum atomic E-state index is -0.410. The number of amides is 2. The maximum Gasteiger partial charge on any atom is 0.312 e. The smallest absolute Gasteiger partial charge is 0.312 e. The topological polar surface area (TPSA) is 82.6 Å². The number of aliphatic hydroxyl groups is 1. The number of likely N-dealkylation sites (tertiary alicyclic amines) is 1. The molecule has 1 aromatic carbocycles. The van der Waals surface area contributed by atoms with E-state index in [0.29, 0.717) is 26.1 Å². The Balaban J connectivity index is 1.29. The normalized spacial score (nSPS) is 22.0. The molecule has 8 nitrogen and oxygen atoms in total. The number of carbonyl (C=O) groups is 2. The van der Waals surface area contributed by atoms with Crippen LogP contribution in [0.5, 0.6) is 11.5 Å². The number of piperazine rings is 1. The second-order valence-corrected chi connectivity index (χ2v) is 7.92. The molecule has 3 aliphatic rings. The molecule has 158 valence electrons. The predicted molar refractivity (Wildman–Crippen MR) is 105 cm³/mol. The summed E-state index contributed by atoms with van der Waals surface area (Å²) in [5.41, 5.74) is 1.14. The first-order valence-electron chi connectivity index (χ1n) is 10.5. The summed E-state index contributed by atoms with van der Waals surface area (Å²) < 4.78 is 10.8. The Hall–Kier alpha value is -2.32. The molecule has 0 aliphatic carbocycles. The number of aliphatic hydroxyl groups excluding tert-OH is 1. The first-order chi connectivity index (χ1) is 14.2. The van der Waals surface area contributed by atoms with Gasteiger partial charge < -0.3 is 24.4 Å². The molecular formula is C21H29N3O5. The fraction of sp³-hybridized carbons (Fsp3) is 0.619. The van der Waals surface area contributed by atoms with E-state index in [1.807, 2.05) is 18.2 Å².